The second kappa shape index (κ2) is 7.54. The summed E-state index contributed by atoms with van der Waals surface area (Å²) >= 11 is 0. The number of fused-ring (bicyclic) bond motifs is 3. The number of aryl methyl sites for hydroxylation is 1. The van der Waals surface area contributed by atoms with E-state index >= 15 is 0 Å². The van der Waals surface area contributed by atoms with E-state index in [4.69, 9.17) is 14.2 Å². The zero-order chi connectivity index (χ0) is 21.5. The third kappa shape index (κ3) is 3.13. The Morgan fingerprint density at radius 2 is 1.40 bits per heavy atom. The molecule has 3 aromatic rings. The SMILES string of the molecule is COc1cc2c(c(OC)c1OC)/C(=C/S(=O)(=O)c1ccc(C)cc1)c1ccccc1-2. The quantitative estimate of drug-likeness (QED) is 0.459. The molecule has 6 heteroatoms. The summed E-state index contributed by atoms with van der Waals surface area (Å²) < 4.78 is 43.1. The monoisotopic (exact) mass is 422 g/mol. The smallest absolute Gasteiger partial charge is 0.203 e. The minimum absolute atomic E-state index is 0.242. The Labute approximate surface area is 176 Å². The Morgan fingerprint density at radius 1 is 0.767 bits per heavy atom. The van der Waals surface area contributed by atoms with E-state index in [2.05, 4.69) is 0 Å². The fourth-order valence-corrected chi connectivity index (χ4v) is 5.00. The van der Waals surface area contributed by atoms with E-state index in [-0.39, 0.29) is 4.90 Å². The fraction of sp³-hybridized carbons (Fsp3) is 0.167. The Bertz CT molecular complexity index is 1260. The zero-order valence-electron chi connectivity index (χ0n) is 17.2. The maximum atomic E-state index is 13.2. The summed E-state index contributed by atoms with van der Waals surface area (Å²) in [6.45, 7) is 1.92. The molecule has 1 aliphatic rings. The van der Waals surface area contributed by atoms with Crippen LogP contribution in [0.4, 0.5) is 0 Å². The average Bonchev–Trinajstić information content (AvgIpc) is 3.05. The topological polar surface area (TPSA) is 61.8 Å². The summed E-state index contributed by atoms with van der Waals surface area (Å²) in [6, 6.07) is 16.3. The van der Waals surface area contributed by atoms with Gasteiger partial charge in [-0.25, -0.2) is 8.42 Å². The third-order valence-corrected chi connectivity index (χ3v) is 6.70. The first-order valence-electron chi connectivity index (χ1n) is 9.38. The molecule has 0 atom stereocenters. The van der Waals surface area contributed by atoms with Crippen LogP contribution in [0.15, 0.2) is 64.9 Å². The predicted octanol–water partition coefficient (Wildman–Crippen LogP) is 4.86. The molecular formula is C24H22O5S. The molecule has 5 nitrogen and oxygen atoms in total. The molecule has 0 saturated carbocycles. The van der Waals surface area contributed by atoms with Gasteiger partial charge >= 0.3 is 0 Å². The highest BCUT2D eigenvalue weighted by atomic mass is 32.2. The summed E-state index contributed by atoms with van der Waals surface area (Å²) in [6.07, 6.45) is 0. The molecule has 154 valence electrons. The van der Waals surface area contributed by atoms with Gasteiger partial charge in [0.15, 0.2) is 21.3 Å². The molecule has 4 rings (SSSR count). The Kier molecular flexibility index (Phi) is 5.03. The standard InChI is InChI=1S/C24H22O5S/c1-15-9-11-16(12-10-15)30(25,26)14-20-18-8-6-5-7-17(18)19-13-21(27-2)23(28-3)24(29-4)22(19)20/h5-14H,1-4H3/b20-14+. The van der Waals surface area contributed by atoms with Crippen LogP contribution in [0, 0.1) is 6.92 Å². The van der Waals surface area contributed by atoms with Crippen LogP contribution in [0.25, 0.3) is 16.7 Å². The van der Waals surface area contributed by atoms with Crippen molar-refractivity contribution in [3.05, 3.63) is 76.7 Å². The molecule has 0 unspecified atom stereocenters. The van der Waals surface area contributed by atoms with Crippen molar-refractivity contribution in [2.24, 2.45) is 0 Å². The van der Waals surface area contributed by atoms with Crippen molar-refractivity contribution in [1.29, 1.82) is 0 Å². The van der Waals surface area contributed by atoms with Gasteiger partial charge in [0.25, 0.3) is 0 Å². The van der Waals surface area contributed by atoms with Crippen LogP contribution in [-0.2, 0) is 9.84 Å². The number of hydrogen-bond donors (Lipinski definition) is 0. The molecule has 0 heterocycles. The molecule has 0 saturated heterocycles. The van der Waals surface area contributed by atoms with E-state index < -0.39 is 9.84 Å². The van der Waals surface area contributed by atoms with Crippen LogP contribution < -0.4 is 14.2 Å². The van der Waals surface area contributed by atoms with Crippen molar-refractivity contribution in [3.8, 4) is 28.4 Å². The van der Waals surface area contributed by atoms with Crippen molar-refractivity contribution in [2.45, 2.75) is 11.8 Å². The van der Waals surface area contributed by atoms with Crippen LogP contribution in [-0.4, -0.2) is 29.7 Å². The van der Waals surface area contributed by atoms with E-state index in [1.807, 2.05) is 37.3 Å². The molecule has 0 fully saturated rings. The lowest BCUT2D eigenvalue weighted by molar-refractivity contribution is 0.324. The van der Waals surface area contributed by atoms with E-state index in [0.29, 0.717) is 28.4 Å². The maximum Gasteiger partial charge on any atom is 0.203 e. The molecule has 0 N–H and O–H groups in total. The lowest BCUT2D eigenvalue weighted by atomic mass is 10.0. The van der Waals surface area contributed by atoms with Gasteiger partial charge in [-0.1, -0.05) is 42.0 Å². The number of hydrogen-bond acceptors (Lipinski definition) is 5. The van der Waals surface area contributed by atoms with Gasteiger partial charge in [0.1, 0.15) is 0 Å². The summed E-state index contributed by atoms with van der Waals surface area (Å²) in [5, 5.41) is 1.32. The molecule has 0 amide bonds. The number of benzene rings is 3. The summed E-state index contributed by atoms with van der Waals surface area (Å²) in [7, 11) is 0.926. The molecule has 0 spiro atoms. The van der Waals surface area contributed by atoms with Crippen molar-refractivity contribution in [1.82, 2.24) is 0 Å². The molecule has 0 bridgehead atoms. The first-order chi connectivity index (χ1) is 14.4. The fourth-order valence-electron chi connectivity index (χ4n) is 3.80. The van der Waals surface area contributed by atoms with E-state index in [1.54, 1.807) is 31.4 Å². The molecule has 0 aromatic heterocycles. The summed E-state index contributed by atoms with van der Waals surface area (Å²) in [5.41, 5.74) is 4.81. The van der Waals surface area contributed by atoms with E-state index in [0.717, 1.165) is 22.3 Å². The number of sulfone groups is 1. The second-order valence-corrected chi connectivity index (χ2v) is 8.80. The molecule has 30 heavy (non-hydrogen) atoms. The van der Waals surface area contributed by atoms with Crippen LogP contribution in [0.3, 0.4) is 0 Å². The normalized spacial score (nSPS) is 13.7. The van der Waals surface area contributed by atoms with Gasteiger partial charge in [-0.05, 0) is 41.8 Å². The summed E-state index contributed by atoms with van der Waals surface area (Å²) in [4.78, 5) is 0.242. The second-order valence-electron chi connectivity index (χ2n) is 7.00. The van der Waals surface area contributed by atoms with Gasteiger partial charge in [0.05, 0.1) is 26.2 Å². The number of rotatable bonds is 5. The van der Waals surface area contributed by atoms with Crippen LogP contribution in [0.2, 0.25) is 0 Å². The van der Waals surface area contributed by atoms with Gasteiger partial charge in [0, 0.05) is 16.5 Å². The minimum atomic E-state index is -3.70. The van der Waals surface area contributed by atoms with Crippen molar-refractivity contribution in [2.75, 3.05) is 21.3 Å². The van der Waals surface area contributed by atoms with Gasteiger partial charge in [-0.2, -0.15) is 0 Å². The first-order valence-corrected chi connectivity index (χ1v) is 10.9. The number of methoxy groups -OCH3 is 3. The van der Waals surface area contributed by atoms with E-state index in [9.17, 15) is 8.42 Å². The van der Waals surface area contributed by atoms with E-state index in [1.165, 1.54) is 19.6 Å². The number of ether oxygens (including phenoxy) is 3. The molecular weight excluding hydrogens is 400 g/mol. The average molecular weight is 423 g/mol. The van der Waals surface area contributed by atoms with Gasteiger partial charge in [-0.3, -0.25) is 0 Å². The van der Waals surface area contributed by atoms with Crippen LogP contribution in [0.1, 0.15) is 16.7 Å². The van der Waals surface area contributed by atoms with Gasteiger partial charge in [0.2, 0.25) is 5.75 Å². The zero-order valence-corrected chi connectivity index (χ0v) is 18.0. The Morgan fingerprint density at radius 3 is 2.00 bits per heavy atom. The Hall–Kier alpha value is -3.25. The highest BCUT2D eigenvalue weighted by molar-refractivity contribution is 7.94. The molecule has 0 radical (unpaired) electrons. The molecule has 3 aromatic carbocycles. The van der Waals surface area contributed by atoms with Crippen molar-refractivity contribution in [3.63, 3.8) is 0 Å². The highest BCUT2D eigenvalue weighted by Crippen LogP contribution is 2.54. The predicted molar refractivity (Wildman–Crippen MR) is 117 cm³/mol. The largest absolute Gasteiger partial charge is 0.493 e. The van der Waals surface area contributed by atoms with Gasteiger partial charge < -0.3 is 14.2 Å². The highest BCUT2D eigenvalue weighted by Gasteiger charge is 2.32. The van der Waals surface area contributed by atoms with Crippen molar-refractivity contribution >= 4 is 15.4 Å². The van der Waals surface area contributed by atoms with Crippen molar-refractivity contribution < 1.29 is 22.6 Å². The van der Waals surface area contributed by atoms with Crippen LogP contribution in [0.5, 0.6) is 17.2 Å². The lowest BCUT2D eigenvalue weighted by Gasteiger charge is -2.17. The summed E-state index contributed by atoms with van der Waals surface area (Å²) in [5.74, 6) is 1.38. The lowest BCUT2D eigenvalue weighted by Crippen LogP contribution is -2.01. The van der Waals surface area contributed by atoms with Gasteiger partial charge in [-0.15, -0.1) is 0 Å². The molecule has 1 aliphatic carbocycles. The maximum absolute atomic E-state index is 13.2. The molecule has 0 aliphatic heterocycles. The minimum Gasteiger partial charge on any atom is -0.493 e. The third-order valence-electron chi connectivity index (χ3n) is 5.23. The first kappa shape index (κ1) is 20.0. The Balaban J connectivity index is 2.03. The van der Waals surface area contributed by atoms with Crippen LogP contribution >= 0.6 is 0 Å².